The molecule has 0 saturated carbocycles. The molecule has 17 heavy (non-hydrogen) atoms. The molecule has 0 aliphatic heterocycles. The second-order valence-electron chi connectivity index (χ2n) is 3.29. The summed E-state index contributed by atoms with van der Waals surface area (Å²) in [6.07, 6.45) is 1.34. The first-order chi connectivity index (χ1) is 8.24. The van der Waals surface area contributed by atoms with Crippen LogP contribution in [0.3, 0.4) is 0 Å². The van der Waals surface area contributed by atoms with Gasteiger partial charge in [0.2, 0.25) is 6.41 Å². The fourth-order valence-corrected chi connectivity index (χ4v) is 1.56. The van der Waals surface area contributed by atoms with Gasteiger partial charge < -0.3 is 16.0 Å². The van der Waals surface area contributed by atoms with Gasteiger partial charge in [0.1, 0.15) is 0 Å². The Hall–Kier alpha value is -1.56. The molecule has 0 heterocycles. The third kappa shape index (κ3) is 5.35. The lowest BCUT2D eigenvalue weighted by molar-refractivity contribution is -0.109. The smallest absolute Gasteiger partial charge is 0.319 e. The van der Waals surface area contributed by atoms with E-state index in [-0.39, 0.29) is 6.03 Å². The van der Waals surface area contributed by atoms with E-state index in [1.807, 2.05) is 18.2 Å². The van der Waals surface area contributed by atoms with Crippen LogP contribution in [-0.4, -0.2) is 25.5 Å². The number of benzene rings is 1. The van der Waals surface area contributed by atoms with Gasteiger partial charge in [0, 0.05) is 17.6 Å². The van der Waals surface area contributed by atoms with E-state index in [0.29, 0.717) is 25.9 Å². The van der Waals surface area contributed by atoms with Crippen molar-refractivity contribution in [2.45, 2.75) is 6.42 Å². The summed E-state index contributed by atoms with van der Waals surface area (Å²) in [6.45, 7) is 1.07. The van der Waals surface area contributed by atoms with Crippen molar-refractivity contribution in [2.24, 2.45) is 0 Å². The Labute approximate surface area is 108 Å². The lowest BCUT2D eigenvalue weighted by atomic mass is 10.3. The number of hydrogen-bond acceptors (Lipinski definition) is 2. The van der Waals surface area contributed by atoms with E-state index in [1.54, 1.807) is 6.07 Å². The molecule has 0 bridgehead atoms. The quantitative estimate of drug-likeness (QED) is 0.553. The zero-order valence-electron chi connectivity index (χ0n) is 9.20. The molecule has 3 amide bonds. The standard InChI is InChI=1S/C11H14BrN3O2/c12-9-4-1-2-5-10(9)15-11(17)14-7-3-6-13-8-16/h1-2,4-5,8H,3,6-7H2,(H,13,16)(H2,14,15,17). The summed E-state index contributed by atoms with van der Waals surface area (Å²) >= 11 is 3.34. The third-order valence-electron chi connectivity index (χ3n) is 1.99. The number of hydrogen-bond donors (Lipinski definition) is 3. The van der Waals surface area contributed by atoms with E-state index in [1.165, 1.54) is 0 Å². The minimum atomic E-state index is -0.261. The van der Waals surface area contributed by atoms with Crippen molar-refractivity contribution in [3.8, 4) is 0 Å². The number of carbonyl (C=O) groups excluding carboxylic acids is 2. The van der Waals surface area contributed by atoms with Gasteiger partial charge in [-0.1, -0.05) is 12.1 Å². The Morgan fingerprint density at radius 2 is 2.06 bits per heavy atom. The van der Waals surface area contributed by atoms with Crippen LogP contribution in [0.4, 0.5) is 10.5 Å². The van der Waals surface area contributed by atoms with E-state index < -0.39 is 0 Å². The van der Waals surface area contributed by atoms with Crippen molar-refractivity contribution >= 4 is 34.1 Å². The minimum Gasteiger partial charge on any atom is -0.359 e. The maximum atomic E-state index is 11.5. The number of rotatable bonds is 6. The summed E-state index contributed by atoms with van der Waals surface area (Å²) in [6, 6.07) is 7.11. The van der Waals surface area contributed by atoms with Crippen LogP contribution in [0.25, 0.3) is 0 Å². The third-order valence-corrected chi connectivity index (χ3v) is 2.68. The molecule has 0 aliphatic rings. The normalized spacial score (nSPS) is 9.47. The fourth-order valence-electron chi connectivity index (χ4n) is 1.18. The van der Waals surface area contributed by atoms with Crippen LogP contribution in [0.15, 0.2) is 28.7 Å². The zero-order chi connectivity index (χ0) is 12.5. The molecule has 0 saturated heterocycles. The van der Waals surface area contributed by atoms with Crippen LogP contribution >= 0.6 is 15.9 Å². The number of halogens is 1. The van der Waals surface area contributed by atoms with Crippen LogP contribution in [0.1, 0.15) is 6.42 Å². The molecule has 0 radical (unpaired) electrons. The van der Waals surface area contributed by atoms with Gasteiger partial charge in [-0.25, -0.2) is 4.79 Å². The van der Waals surface area contributed by atoms with E-state index in [9.17, 15) is 9.59 Å². The molecule has 0 unspecified atom stereocenters. The maximum Gasteiger partial charge on any atom is 0.319 e. The van der Waals surface area contributed by atoms with E-state index in [4.69, 9.17) is 0 Å². The van der Waals surface area contributed by atoms with Gasteiger partial charge in [0.05, 0.1) is 5.69 Å². The highest BCUT2D eigenvalue weighted by Gasteiger charge is 2.03. The number of carbonyl (C=O) groups is 2. The molecule has 0 aromatic heterocycles. The van der Waals surface area contributed by atoms with Gasteiger partial charge in [-0.2, -0.15) is 0 Å². The van der Waals surface area contributed by atoms with Gasteiger partial charge in [-0.05, 0) is 34.5 Å². The van der Waals surface area contributed by atoms with Crippen LogP contribution in [0.2, 0.25) is 0 Å². The summed E-state index contributed by atoms with van der Waals surface area (Å²) in [5.74, 6) is 0. The Morgan fingerprint density at radius 1 is 1.29 bits per heavy atom. The van der Waals surface area contributed by atoms with E-state index in [2.05, 4.69) is 31.9 Å². The lowest BCUT2D eigenvalue weighted by Crippen LogP contribution is -2.31. The highest BCUT2D eigenvalue weighted by atomic mass is 79.9. The van der Waals surface area contributed by atoms with Gasteiger partial charge >= 0.3 is 6.03 Å². The largest absolute Gasteiger partial charge is 0.359 e. The fraction of sp³-hybridized carbons (Fsp3) is 0.273. The van der Waals surface area contributed by atoms with Gasteiger partial charge in [-0.3, -0.25) is 4.79 Å². The predicted molar refractivity (Wildman–Crippen MR) is 69.8 cm³/mol. The van der Waals surface area contributed by atoms with E-state index in [0.717, 1.165) is 10.2 Å². The maximum absolute atomic E-state index is 11.5. The zero-order valence-corrected chi connectivity index (χ0v) is 10.8. The first-order valence-corrected chi connectivity index (χ1v) is 5.99. The number of urea groups is 1. The molecule has 0 aliphatic carbocycles. The molecule has 5 nitrogen and oxygen atoms in total. The SMILES string of the molecule is O=CNCCCNC(=O)Nc1ccccc1Br. The molecular formula is C11H14BrN3O2. The number of amides is 3. The molecule has 1 aromatic carbocycles. The molecule has 0 spiro atoms. The summed E-state index contributed by atoms with van der Waals surface area (Å²) in [5.41, 5.74) is 0.719. The van der Waals surface area contributed by atoms with Crippen LogP contribution in [0.5, 0.6) is 0 Å². The van der Waals surface area contributed by atoms with Crippen molar-refractivity contribution in [1.29, 1.82) is 0 Å². The van der Waals surface area contributed by atoms with Crippen molar-refractivity contribution in [1.82, 2.24) is 10.6 Å². The van der Waals surface area contributed by atoms with Crippen molar-refractivity contribution in [2.75, 3.05) is 18.4 Å². The monoisotopic (exact) mass is 299 g/mol. The Balaban J connectivity index is 2.25. The Morgan fingerprint density at radius 3 is 2.76 bits per heavy atom. The lowest BCUT2D eigenvalue weighted by Gasteiger charge is -2.08. The van der Waals surface area contributed by atoms with E-state index >= 15 is 0 Å². The number of nitrogens with one attached hydrogen (secondary N) is 3. The molecule has 6 heteroatoms. The molecule has 1 rings (SSSR count). The molecule has 1 aromatic rings. The second-order valence-corrected chi connectivity index (χ2v) is 4.14. The van der Waals surface area contributed by atoms with Gasteiger partial charge in [-0.15, -0.1) is 0 Å². The molecule has 0 fully saturated rings. The van der Waals surface area contributed by atoms with Crippen LogP contribution in [-0.2, 0) is 4.79 Å². The molecule has 0 atom stereocenters. The van der Waals surface area contributed by atoms with Crippen LogP contribution in [0, 0.1) is 0 Å². The molecule has 3 N–H and O–H groups in total. The Kier molecular flexibility index (Phi) is 6.09. The molecule has 92 valence electrons. The van der Waals surface area contributed by atoms with Gasteiger partial charge in [0.25, 0.3) is 0 Å². The topological polar surface area (TPSA) is 70.2 Å². The van der Waals surface area contributed by atoms with Crippen LogP contribution < -0.4 is 16.0 Å². The summed E-state index contributed by atoms with van der Waals surface area (Å²) < 4.78 is 0.831. The number of para-hydroxylation sites is 1. The van der Waals surface area contributed by atoms with Crippen molar-refractivity contribution < 1.29 is 9.59 Å². The molecular weight excluding hydrogens is 286 g/mol. The summed E-state index contributed by atoms with van der Waals surface area (Å²) in [7, 11) is 0. The summed E-state index contributed by atoms with van der Waals surface area (Å²) in [5, 5.41) is 7.93. The second kappa shape index (κ2) is 7.67. The highest BCUT2D eigenvalue weighted by Crippen LogP contribution is 2.20. The minimum absolute atomic E-state index is 0.261. The average Bonchev–Trinajstić information content (AvgIpc) is 2.32. The number of anilines is 1. The first kappa shape index (κ1) is 13.5. The van der Waals surface area contributed by atoms with Gasteiger partial charge in [0.15, 0.2) is 0 Å². The summed E-state index contributed by atoms with van der Waals surface area (Å²) in [4.78, 5) is 21.4. The van der Waals surface area contributed by atoms with Crippen molar-refractivity contribution in [3.63, 3.8) is 0 Å². The highest BCUT2D eigenvalue weighted by molar-refractivity contribution is 9.10. The first-order valence-electron chi connectivity index (χ1n) is 5.20. The van der Waals surface area contributed by atoms with Crippen molar-refractivity contribution in [3.05, 3.63) is 28.7 Å². The Bertz CT molecular complexity index is 385. The average molecular weight is 300 g/mol. The predicted octanol–water partition coefficient (Wildman–Crippen LogP) is 1.71.